The van der Waals surface area contributed by atoms with E-state index in [2.05, 4.69) is 20.5 Å². The second-order valence-electron chi connectivity index (χ2n) is 3.21. The molecule has 0 atom stereocenters. The summed E-state index contributed by atoms with van der Waals surface area (Å²) in [6.07, 6.45) is 0. The predicted molar refractivity (Wildman–Crippen MR) is 60.8 cm³/mol. The van der Waals surface area contributed by atoms with Gasteiger partial charge in [-0.15, -0.1) is 5.10 Å². The Morgan fingerprint density at radius 3 is 2.81 bits per heavy atom. The molecule has 0 aliphatic heterocycles. The van der Waals surface area contributed by atoms with Gasteiger partial charge < -0.3 is 11.1 Å². The first-order chi connectivity index (χ1) is 7.75. The monoisotopic (exact) mass is 217 g/mol. The Hall–Kier alpha value is -2.37. The molecule has 1 heterocycles. The van der Waals surface area contributed by atoms with Crippen LogP contribution in [-0.2, 0) is 6.54 Å². The van der Waals surface area contributed by atoms with E-state index in [1.54, 1.807) is 0 Å². The van der Waals surface area contributed by atoms with Crippen molar-refractivity contribution in [1.82, 2.24) is 15.2 Å². The first-order valence-electron chi connectivity index (χ1n) is 4.76. The summed E-state index contributed by atoms with van der Waals surface area (Å²) >= 11 is 0. The molecule has 0 unspecified atom stereocenters. The Morgan fingerprint density at radius 1 is 1.31 bits per heavy atom. The van der Waals surface area contributed by atoms with Crippen molar-refractivity contribution in [2.45, 2.75) is 6.54 Å². The molecule has 2 aromatic rings. The summed E-state index contributed by atoms with van der Waals surface area (Å²) < 4.78 is 0. The smallest absolute Gasteiger partial charge is 0.363 e. The van der Waals surface area contributed by atoms with Crippen LogP contribution < -0.4 is 16.7 Å². The Bertz CT molecular complexity index is 522. The van der Waals surface area contributed by atoms with Crippen molar-refractivity contribution in [3.63, 3.8) is 0 Å². The van der Waals surface area contributed by atoms with E-state index in [9.17, 15) is 4.79 Å². The molecule has 0 saturated carbocycles. The molecule has 0 bridgehead atoms. The SMILES string of the molecule is Nc1n[nH]c(=O)nc1NCc1ccccc1. The molecule has 2 rings (SSSR count). The van der Waals surface area contributed by atoms with Crippen molar-refractivity contribution in [1.29, 1.82) is 0 Å². The highest BCUT2D eigenvalue weighted by Crippen LogP contribution is 2.09. The van der Waals surface area contributed by atoms with Gasteiger partial charge in [0.15, 0.2) is 11.6 Å². The van der Waals surface area contributed by atoms with E-state index in [4.69, 9.17) is 5.73 Å². The van der Waals surface area contributed by atoms with Gasteiger partial charge in [0.2, 0.25) is 0 Å². The number of aromatic nitrogens is 3. The van der Waals surface area contributed by atoms with Crippen LogP contribution in [0.3, 0.4) is 0 Å². The maximum Gasteiger partial charge on any atom is 0.363 e. The average Bonchev–Trinajstić information content (AvgIpc) is 2.32. The van der Waals surface area contributed by atoms with Crippen LogP contribution in [0, 0.1) is 0 Å². The van der Waals surface area contributed by atoms with Crippen LogP contribution in [0.5, 0.6) is 0 Å². The standard InChI is InChI=1S/C10H11N5O/c11-8-9(13-10(16)15-14-8)12-6-7-4-2-1-3-5-7/h1-5H,6H2,(H2,11,14)(H2,12,13,15,16). The molecule has 6 heteroatoms. The van der Waals surface area contributed by atoms with Crippen molar-refractivity contribution < 1.29 is 0 Å². The minimum absolute atomic E-state index is 0.176. The summed E-state index contributed by atoms with van der Waals surface area (Å²) in [5, 5.41) is 8.71. The quantitative estimate of drug-likeness (QED) is 0.689. The summed E-state index contributed by atoms with van der Waals surface area (Å²) in [4.78, 5) is 14.6. The molecule has 82 valence electrons. The van der Waals surface area contributed by atoms with Crippen molar-refractivity contribution in [3.05, 3.63) is 46.4 Å². The van der Waals surface area contributed by atoms with Crippen LogP contribution in [0.1, 0.15) is 5.56 Å². The molecule has 6 nitrogen and oxygen atoms in total. The van der Waals surface area contributed by atoms with Crippen LogP contribution >= 0.6 is 0 Å². The fourth-order valence-corrected chi connectivity index (χ4v) is 1.26. The average molecular weight is 217 g/mol. The highest BCUT2D eigenvalue weighted by molar-refractivity contribution is 5.54. The third kappa shape index (κ3) is 2.35. The van der Waals surface area contributed by atoms with Gasteiger partial charge in [-0.3, -0.25) is 0 Å². The first-order valence-corrected chi connectivity index (χ1v) is 4.76. The molecule has 0 aliphatic rings. The lowest BCUT2D eigenvalue weighted by molar-refractivity contribution is 0.917. The summed E-state index contributed by atoms with van der Waals surface area (Å²) in [6, 6.07) is 9.73. The number of anilines is 2. The fourth-order valence-electron chi connectivity index (χ4n) is 1.26. The molecule has 0 spiro atoms. The van der Waals surface area contributed by atoms with Gasteiger partial charge in [0.25, 0.3) is 0 Å². The van der Waals surface area contributed by atoms with Gasteiger partial charge in [0, 0.05) is 6.54 Å². The Kier molecular flexibility index (Phi) is 2.81. The molecular weight excluding hydrogens is 206 g/mol. The third-order valence-electron chi connectivity index (χ3n) is 2.03. The van der Waals surface area contributed by atoms with E-state index in [0.29, 0.717) is 12.4 Å². The number of nitrogen functional groups attached to an aromatic ring is 1. The van der Waals surface area contributed by atoms with E-state index in [-0.39, 0.29) is 5.82 Å². The molecule has 0 aliphatic carbocycles. The lowest BCUT2D eigenvalue weighted by atomic mass is 10.2. The normalized spacial score (nSPS) is 10.0. The van der Waals surface area contributed by atoms with Gasteiger partial charge in [-0.25, -0.2) is 9.89 Å². The molecule has 16 heavy (non-hydrogen) atoms. The second kappa shape index (κ2) is 4.43. The number of rotatable bonds is 3. The molecule has 0 amide bonds. The summed E-state index contributed by atoms with van der Waals surface area (Å²) in [6.45, 7) is 0.545. The molecule has 1 aromatic carbocycles. The van der Waals surface area contributed by atoms with E-state index >= 15 is 0 Å². The highest BCUT2D eigenvalue weighted by Gasteiger charge is 2.02. The zero-order chi connectivity index (χ0) is 11.4. The number of nitrogens with two attached hydrogens (primary N) is 1. The second-order valence-corrected chi connectivity index (χ2v) is 3.21. The first kappa shape index (κ1) is 10.2. The van der Waals surface area contributed by atoms with E-state index in [0.717, 1.165) is 5.56 Å². The van der Waals surface area contributed by atoms with Gasteiger partial charge >= 0.3 is 5.69 Å². The van der Waals surface area contributed by atoms with Crippen LogP contribution in [-0.4, -0.2) is 15.2 Å². The highest BCUT2D eigenvalue weighted by atomic mass is 16.1. The maximum absolute atomic E-state index is 10.9. The Balaban J connectivity index is 2.10. The molecule has 0 fully saturated rings. The number of nitrogens with one attached hydrogen (secondary N) is 2. The van der Waals surface area contributed by atoms with Crippen LogP contribution in [0.2, 0.25) is 0 Å². The number of H-pyrrole nitrogens is 1. The minimum atomic E-state index is -0.523. The number of benzene rings is 1. The maximum atomic E-state index is 10.9. The van der Waals surface area contributed by atoms with E-state index in [1.807, 2.05) is 30.3 Å². The molecule has 4 N–H and O–H groups in total. The zero-order valence-corrected chi connectivity index (χ0v) is 8.47. The van der Waals surface area contributed by atoms with Crippen LogP contribution in [0.4, 0.5) is 11.6 Å². The van der Waals surface area contributed by atoms with Crippen molar-refractivity contribution in [2.75, 3.05) is 11.1 Å². The Labute approximate surface area is 91.5 Å². The van der Waals surface area contributed by atoms with Crippen LogP contribution in [0.15, 0.2) is 35.1 Å². The lowest BCUT2D eigenvalue weighted by Crippen LogP contribution is -2.17. The summed E-state index contributed by atoms with van der Waals surface area (Å²) in [5.74, 6) is 0.475. The molecular formula is C10H11N5O. The lowest BCUT2D eigenvalue weighted by Gasteiger charge is -2.05. The zero-order valence-electron chi connectivity index (χ0n) is 8.47. The van der Waals surface area contributed by atoms with Gasteiger partial charge in [-0.05, 0) is 5.56 Å². The van der Waals surface area contributed by atoms with Crippen LogP contribution in [0.25, 0.3) is 0 Å². The fraction of sp³-hybridized carbons (Fsp3) is 0.100. The predicted octanol–water partition coefficient (Wildman–Crippen LogP) is 0.359. The van der Waals surface area contributed by atoms with Crippen molar-refractivity contribution in [2.24, 2.45) is 0 Å². The van der Waals surface area contributed by atoms with Gasteiger partial charge in [-0.2, -0.15) is 4.98 Å². The topological polar surface area (TPSA) is 96.7 Å². The minimum Gasteiger partial charge on any atom is -0.379 e. The largest absolute Gasteiger partial charge is 0.379 e. The summed E-state index contributed by atoms with van der Waals surface area (Å²) in [5.41, 5.74) is 6.10. The van der Waals surface area contributed by atoms with Crippen molar-refractivity contribution in [3.8, 4) is 0 Å². The van der Waals surface area contributed by atoms with Gasteiger partial charge in [-0.1, -0.05) is 30.3 Å². The van der Waals surface area contributed by atoms with Gasteiger partial charge in [0.05, 0.1) is 0 Å². The third-order valence-corrected chi connectivity index (χ3v) is 2.03. The molecule has 1 aromatic heterocycles. The van der Waals surface area contributed by atoms with E-state index in [1.165, 1.54) is 0 Å². The molecule has 0 radical (unpaired) electrons. The summed E-state index contributed by atoms with van der Waals surface area (Å²) in [7, 11) is 0. The number of hydrogen-bond donors (Lipinski definition) is 3. The Morgan fingerprint density at radius 2 is 2.06 bits per heavy atom. The molecule has 0 saturated heterocycles. The number of aromatic amines is 1. The van der Waals surface area contributed by atoms with E-state index < -0.39 is 5.69 Å². The van der Waals surface area contributed by atoms with Crippen molar-refractivity contribution >= 4 is 11.6 Å². The number of nitrogens with zero attached hydrogens (tertiary/aromatic N) is 2. The number of hydrogen-bond acceptors (Lipinski definition) is 5. The van der Waals surface area contributed by atoms with Gasteiger partial charge in [0.1, 0.15) is 0 Å².